The van der Waals surface area contributed by atoms with Crippen LogP contribution in [0.25, 0.3) is 17.2 Å². The van der Waals surface area contributed by atoms with Crippen molar-refractivity contribution >= 4 is 6.08 Å². The average Bonchev–Trinajstić information content (AvgIpc) is 2.73. The summed E-state index contributed by atoms with van der Waals surface area (Å²) in [7, 11) is 0. The smallest absolute Gasteiger partial charge is 0.375 e. The van der Waals surface area contributed by atoms with Crippen LogP contribution in [0.15, 0.2) is 84.9 Å². The lowest BCUT2D eigenvalue weighted by molar-refractivity contribution is -0.334. The number of alkyl halides is 5. The zero-order valence-electron chi connectivity index (χ0n) is 15.4. The SMILES string of the molecule is OC(/C=C/c1ccc(F)cc1)(c1ccccc1-c1ccccc1)C(F)(F)C(F)(F)F. The molecule has 0 aliphatic rings. The maximum atomic E-state index is 14.6. The fourth-order valence-corrected chi connectivity index (χ4v) is 3.06. The maximum absolute atomic E-state index is 14.6. The molecule has 0 aliphatic carbocycles. The first-order valence-electron chi connectivity index (χ1n) is 8.83. The summed E-state index contributed by atoms with van der Waals surface area (Å²) >= 11 is 0. The van der Waals surface area contributed by atoms with Gasteiger partial charge in [0.05, 0.1) is 0 Å². The topological polar surface area (TPSA) is 20.2 Å². The number of aliphatic hydroxyl groups is 1. The van der Waals surface area contributed by atoms with Gasteiger partial charge in [-0.2, -0.15) is 22.0 Å². The lowest BCUT2D eigenvalue weighted by Crippen LogP contribution is -2.54. The average molecular weight is 422 g/mol. The van der Waals surface area contributed by atoms with Crippen LogP contribution in [0.3, 0.4) is 0 Å². The van der Waals surface area contributed by atoms with Gasteiger partial charge in [0.1, 0.15) is 5.82 Å². The van der Waals surface area contributed by atoms with Gasteiger partial charge < -0.3 is 5.11 Å². The van der Waals surface area contributed by atoms with Crippen LogP contribution in [-0.2, 0) is 5.60 Å². The standard InChI is InChI=1S/C23H16F6O/c24-18-12-10-16(11-13-18)14-15-21(30,22(25,26)23(27,28)29)20-9-5-4-8-19(20)17-6-2-1-3-7-17/h1-15,30H/b15-14+. The van der Waals surface area contributed by atoms with E-state index in [-0.39, 0.29) is 11.1 Å². The van der Waals surface area contributed by atoms with Crippen molar-refractivity contribution in [2.75, 3.05) is 0 Å². The summed E-state index contributed by atoms with van der Waals surface area (Å²) < 4.78 is 82.4. The van der Waals surface area contributed by atoms with E-state index in [0.717, 1.165) is 24.3 Å². The van der Waals surface area contributed by atoms with Gasteiger partial charge in [0.2, 0.25) is 0 Å². The zero-order valence-corrected chi connectivity index (χ0v) is 15.4. The van der Waals surface area contributed by atoms with Gasteiger partial charge in [0.25, 0.3) is 0 Å². The van der Waals surface area contributed by atoms with Gasteiger partial charge in [-0.25, -0.2) is 4.39 Å². The number of rotatable bonds is 5. The normalized spacial score (nSPS) is 14.6. The Morgan fingerprint density at radius 3 is 1.87 bits per heavy atom. The molecule has 0 aliphatic heterocycles. The molecular weight excluding hydrogens is 406 g/mol. The summed E-state index contributed by atoms with van der Waals surface area (Å²) in [4.78, 5) is 0. The molecule has 0 radical (unpaired) electrons. The Bertz CT molecular complexity index is 1030. The van der Waals surface area contributed by atoms with Crippen molar-refractivity contribution in [1.82, 2.24) is 0 Å². The Balaban J connectivity index is 2.22. The first-order valence-corrected chi connectivity index (χ1v) is 8.83. The molecule has 3 aromatic rings. The van der Waals surface area contributed by atoms with Crippen LogP contribution >= 0.6 is 0 Å². The molecule has 0 amide bonds. The fraction of sp³-hybridized carbons (Fsp3) is 0.130. The lowest BCUT2D eigenvalue weighted by Gasteiger charge is -2.36. The minimum Gasteiger partial charge on any atom is -0.375 e. The number of hydrogen-bond donors (Lipinski definition) is 1. The van der Waals surface area contributed by atoms with E-state index < -0.39 is 29.1 Å². The number of hydrogen-bond acceptors (Lipinski definition) is 1. The van der Waals surface area contributed by atoms with Crippen LogP contribution in [0.2, 0.25) is 0 Å². The van der Waals surface area contributed by atoms with Crippen molar-refractivity contribution in [3.63, 3.8) is 0 Å². The first kappa shape index (κ1) is 21.6. The van der Waals surface area contributed by atoms with Crippen molar-refractivity contribution < 1.29 is 31.4 Å². The third-order valence-corrected chi connectivity index (χ3v) is 4.64. The predicted molar refractivity (Wildman–Crippen MR) is 102 cm³/mol. The molecule has 0 saturated heterocycles. The minimum atomic E-state index is -6.03. The Morgan fingerprint density at radius 2 is 1.27 bits per heavy atom. The Labute approximate surface area is 168 Å². The summed E-state index contributed by atoms with van der Waals surface area (Å²) in [5, 5.41) is 10.9. The molecule has 1 unspecified atom stereocenters. The molecule has 1 nitrogen and oxygen atoms in total. The van der Waals surface area contributed by atoms with Crippen LogP contribution in [-0.4, -0.2) is 17.2 Å². The molecular formula is C23H16F6O. The van der Waals surface area contributed by atoms with Gasteiger partial charge in [-0.3, -0.25) is 0 Å². The van der Waals surface area contributed by atoms with E-state index >= 15 is 0 Å². The van der Waals surface area contributed by atoms with Crippen molar-refractivity contribution in [2.24, 2.45) is 0 Å². The van der Waals surface area contributed by atoms with E-state index in [4.69, 9.17) is 0 Å². The Hall–Kier alpha value is -3.06. The van der Waals surface area contributed by atoms with E-state index in [1.165, 1.54) is 42.5 Å². The Kier molecular flexibility index (Phi) is 5.76. The molecule has 3 rings (SSSR count). The summed E-state index contributed by atoms with van der Waals surface area (Å²) in [5.41, 5.74) is -3.80. The summed E-state index contributed by atoms with van der Waals surface area (Å²) in [6.07, 6.45) is -4.73. The van der Waals surface area contributed by atoms with Gasteiger partial charge in [-0.05, 0) is 34.9 Å². The number of benzene rings is 3. The van der Waals surface area contributed by atoms with Crippen molar-refractivity contribution in [3.8, 4) is 11.1 Å². The lowest BCUT2D eigenvalue weighted by atomic mass is 9.81. The van der Waals surface area contributed by atoms with Crippen molar-refractivity contribution in [2.45, 2.75) is 17.7 Å². The molecule has 0 spiro atoms. The van der Waals surface area contributed by atoms with E-state index in [0.29, 0.717) is 11.6 Å². The molecule has 0 heterocycles. The molecule has 30 heavy (non-hydrogen) atoms. The van der Waals surface area contributed by atoms with Gasteiger partial charge in [0, 0.05) is 5.56 Å². The van der Waals surface area contributed by atoms with Gasteiger partial charge in [0.15, 0.2) is 5.60 Å². The molecule has 0 saturated carbocycles. The van der Waals surface area contributed by atoms with E-state index in [2.05, 4.69) is 0 Å². The highest BCUT2D eigenvalue weighted by Gasteiger charge is 2.70. The highest BCUT2D eigenvalue weighted by molar-refractivity contribution is 5.70. The monoisotopic (exact) mass is 422 g/mol. The van der Waals surface area contributed by atoms with Crippen LogP contribution in [0, 0.1) is 5.82 Å². The molecule has 7 heteroatoms. The van der Waals surface area contributed by atoms with Crippen molar-refractivity contribution in [1.29, 1.82) is 0 Å². The van der Waals surface area contributed by atoms with E-state index in [9.17, 15) is 31.4 Å². The van der Waals surface area contributed by atoms with Crippen LogP contribution in [0.5, 0.6) is 0 Å². The number of halogens is 6. The van der Waals surface area contributed by atoms with Gasteiger partial charge in [-0.15, -0.1) is 0 Å². The van der Waals surface area contributed by atoms with Crippen molar-refractivity contribution in [3.05, 3.63) is 102 Å². The second kappa shape index (κ2) is 7.99. The zero-order chi connectivity index (χ0) is 22.0. The first-order chi connectivity index (χ1) is 14.1. The van der Waals surface area contributed by atoms with Crippen LogP contribution in [0.4, 0.5) is 26.3 Å². The van der Waals surface area contributed by atoms with Crippen LogP contribution < -0.4 is 0 Å². The third-order valence-electron chi connectivity index (χ3n) is 4.64. The van der Waals surface area contributed by atoms with Crippen LogP contribution in [0.1, 0.15) is 11.1 Å². The minimum absolute atomic E-state index is 0.0216. The quantitative estimate of drug-likeness (QED) is 0.460. The Morgan fingerprint density at radius 1 is 0.700 bits per heavy atom. The van der Waals surface area contributed by atoms with Gasteiger partial charge >= 0.3 is 12.1 Å². The molecule has 1 N–H and O–H groups in total. The maximum Gasteiger partial charge on any atom is 0.457 e. The van der Waals surface area contributed by atoms with E-state index in [1.807, 2.05) is 0 Å². The molecule has 156 valence electrons. The summed E-state index contributed by atoms with van der Waals surface area (Å²) in [6, 6.07) is 17.5. The fourth-order valence-electron chi connectivity index (χ4n) is 3.06. The molecule has 0 fully saturated rings. The molecule has 3 aromatic carbocycles. The second-order valence-corrected chi connectivity index (χ2v) is 6.64. The largest absolute Gasteiger partial charge is 0.457 e. The highest BCUT2D eigenvalue weighted by atomic mass is 19.4. The van der Waals surface area contributed by atoms with E-state index in [1.54, 1.807) is 18.2 Å². The molecule has 0 bridgehead atoms. The summed E-state index contributed by atoms with van der Waals surface area (Å²) in [6.45, 7) is 0. The summed E-state index contributed by atoms with van der Waals surface area (Å²) in [5.74, 6) is -6.11. The highest BCUT2D eigenvalue weighted by Crippen LogP contribution is 2.51. The third kappa shape index (κ3) is 3.98. The molecule has 1 atom stereocenters. The second-order valence-electron chi connectivity index (χ2n) is 6.64. The molecule has 0 aromatic heterocycles. The predicted octanol–water partition coefficient (Wildman–Crippen LogP) is 6.59. The van der Waals surface area contributed by atoms with Gasteiger partial charge in [-0.1, -0.05) is 72.8 Å².